The zero-order valence-corrected chi connectivity index (χ0v) is 8.72. The summed E-state index contributed by atoms with van der Waals surface area (Å²) < 4.78 is 0. The molecule has 0 aromatic heterocycles. The fourth-order valence-corrected chi connectivity index (χ4v) is 1.59. The third-order valence-corrected chi connectivity index (χ3v) is 2.49. The molecule has 1 aromatic rings. The summed E-state index contributed by atoms with van der Waals surface area (Å²) in [6.45, 7) is 0. The smallest absolute Gasteiger partial charge is 0.0804 e. The fraction of sp³-hybridized carbons (Fsp3) is 0.400. The molecule has 0 saturated carbocycles. The van der Waals surface area contributed by atoms with Gasteiger partial charge in [0.1, 0.15) is 0 Å². The molecular formula is C10H12Cl2O. The number of hydrogen-bond acceptors (Lipinski definition) is 1. The van der Waals surface area contributed by atoms with E-state index in [4.69, 9.17) is 23.2 Å². The van der Waals surface area contributed by atoms with Crippen molar-refractivity contribution in [3.8, 4) is 0 Å². The zero-order chi connectivity index (χ0) is 9.68. The van der Waals surface area contributed by atoms with Gasteiger partial charge < -0.3 is 5.11 Å². The monoisotopic (exact) mass is 218 g/mol. The largest absolute Gasteiger partial charge is 0.388 e. The molecule has 0 saturated heterocycles. The van der Waals surface area contributed by atoms with Crippen molar-refractivity contribution >= 4 is 23.2 Å². The quantitative estimate of drug-likeness (QED) is 0.769. The molecule has 1 aromatic carbocycles. The van der Waals surface area contributed by atoms with Crippen LogP contribution in [0.4, 0.5) is 0 Å². The van der Waals surface area contributed by atoms with Crippen LogP contribution in [0.2, 0.25) is 5.02 Å². The first-order valence-electron chi connectivity index (χ1n) is 4.24. The molecule has 0 aliphatic rings. The first kappa shape index (κ1) is 10.8. The summed E-state index contributed by atoms with van der Waals surface area (Å²) in [4.78, 5) is 0. The lowest BCUT2D eigenvalue weighted by Gasteiger charge is -2.11. The van der Waals surface area contributed by atoms with Gasteiger partial charge in [-0.25, -0.2) is 0 Å². The van der Waals surface area contributed by atoms with Gasteiger partial charge in [0.2, 0.25) is 0 Å². The van der Waals surface area contributed by atoms with Gasteiger partial charge in [0.15, 0.2) is 0 Å². The highest BCUT2D eigenvalue weighted by Gasteiger charge is 2.09. The lowest BCUT2D eigenvalue weighted by atomic mass is 10.1. The second kappa shape index (κ2) is 5.48. The van der Waals surface area contributed by atoms with Crippen molar-refractivity contribution in [3.05, 3.63) is 34.9 Å². The number of aliphatic hydroxyl groups is 1. The number of alkyl halides is 1. The Morgan fingerprint density at radius 1 is 1.31 bits per heavy atom. The molecule has 1 rings (SSSR count). The third kappa shape index (κ3) is 3.18. The van der Waals surface area contributed by atoms with E-state index in [0.29, 0.717) is 17.3 Å². The van der Waals surface area contributed by atoms with Crippen molar-refractivity contribution in [3.63, 3.8) is 0 Å². The maximum Gasteiger partial charge on any atom is 0.0804 e. The van der Waals surface area contributed by atoms with E-state index < -0.39 is 6.10 Å². The van der Waals surface area contributed by atoms with Crippen LogP contribution >= 0.6 is 23.2 Å². The Bertz CT molecular complexity index is 263. The molecule has 0 aliphatic heterocycles. The van der Waals surface area contributed by atoms with Gasteiger partial charge in [-0.15, -0.1) is 11.6 Å². The standard InChI is InChI=1S/C10H12Cl2O/c11-7-3-6-10(13)8-4-1-2-5-9(8)12/h1-2,4-5,10,13H,3,6-7H2. The number of halogens is 2. The first-order chi connectivity index (χ1) is 6.25. The van der Waals surface area contributed by atoms with E-state index in [-0.39, 0.29) is 0 Å². The number of hydrogen-bond donors (Lipinski definition) is 1. The molecule has 0 spiro atoms. The predicted octanol–water partition coefficient (Wildman–Crippen LogP) is 3.39. The van der Waals surface area contributed by atoms with Crippen LogP contribution in [0.25, 0.3) is 0 Å². The molecule has 0 aliphatic carbocycles. The van der Waals surface area contributed by atoms with Crippen LogP contribution in [0.5, 0.6) is 0 Å². The Balaban J connectivity index is 2.65. The van der Waals surface area contributed by atoms with E-state index in [1.165, 1.54) is 0 Å². The molecular weight excluding hydrogens is 207 g/mol. The van der Waals surface area contributed by atoms with E-state index in [0.717, 1.165) is 12.0 Å². The maximum absolute atomic E-state index is 9.69. The van der Waals surface area contributed by atoms with Crippen molar-refractivity contribution in [2.75, 3.05) is 5.88 Å². The van der Waals surface area contributed by atoms with Crippen molar-refractivity contribution in [1.82, 2.24) is 0 Å². The summed E-state index contributed by atoms with van der Waals surface area (Å²) in [5.74, 6) is 0.571. The molecule has 3 heteroatoms. The molecule has 1 nitrogen and oxygen atoms in total. The summed E-state index contributed by atoms with van der Waals surface area (Å²) in [7, 11) is 0. The van der Waals surface area contributed by atoms with Crippen LogP contribution in [0.1, 0.15) is 24.5 Å². The average Bonchev–Trinajstić information content (AvgIpc) is 2.15. The summed E-state index contributed by atoms with van der Waals surface area (Å²) in [5.41, 5.74) is 0.786. The van der Waals surface area contributed by atoms with Gasteiger partial charge in [0.05, 0.1) is 6.10 Å². The third-order valence-electron chi connectivity index (χ3n) is 1.88. The number of benzene rings is 1. The van der Waals surface area contributed by atoms with E-state index in [1.807, 2.05) is 18.2 Å². The Kier molecular flexibility index (Phi) is 4.57. The minimum atomic E-state index is -0.493. The van der Waals surface area contributed by atoms with E-state index >= 15 is 0 Å². The van der Waals surface area contributed by atoms with Gasteiger partial charge in [-0.2, -0.15) is 0 Å². The fourth-order valence-electron chi connectivity index (χ4n) is 1.17. The lowest BCUT2D eigenvalue weighted by Crippen LogP contribution is -1.98. The van der Waals surface area contributed by atoms with Gasteiger partial charge in [0.25, 0.3) is 0 Å². The maximum atomic E-state index is 9.69. The summed E-state index contributed by atoms with van der Waals surface area (Å²) in [6.07, 6.45) is 0.966. The lowest BCUT2D eigenvalue weighted by molar-refractivity contribution is 0.167. The molecule has 0 amide bonds. The second-order valence-corrected chi connectivity index (χ2v) is 3.65. The highest BCUT2D eigenvalue weighted by atomic mass is 35.5. The minimum absolute atomic E-state index is 0.493. The average molecular weight is 219 g/mol. The van der Waals surface area contributed by atoms with Crippen molar-refractivity contribution < 1.29 is 5.11 Å². The Morgan fingerprint density at radius 2 is 2.00 bits per heavy atom. The van der Waals surface area contributed by atoms with Crippen LogP contribution in [0, 0.1) is 0 Å². The summed E-state index contributed by atoms with van der Waals surface area (Å²) in [6, 6.07) is 7.33. The molecule has 0 fully saturated rings. The molecule has 0 heterocycles. The molecule has 13 heavy (non-hydrogen) atoms. The normalized spacial score (nSPS) is 12.8. The van der Waals surface area contributed by atoms with Crippen molar-refractivity contribution in [1.29, 1.82) is 0 Å². The van der Waals surface area contributed by atoms with Crippen LogP contribution in [-0.4, -0.2) is 11.0 Å². The molecule has 1 N–H and O–H groups in total. The molecule has 72 valence electrons. The van der Waals surface area contributed by atoms with E-state index in [1.54, 1.807) is 6.07 Å². The number of rotatable bonds is 4. The SMILES string of the molecule is OC(CCCCl)c1ccccc1Cl. The van der Waals surface area contributed by atoms with Gasteiger partial charge in [-0.05, 0) is 24.5 Å². The predicted molar refractivity (Wildman–Crippen MR) is 56.4 cm³/mol. The molecule has 0 radical (unpaired) electrons. The van der Waals surface area contributed by atoms with Crippen LogP contribution < -0.4 is 0 Å². The van der Waals surface area contributed by atoms with Gasteiger partial charge in [-0.3, -0.25) is 0 Å². The Morgan fingerprint density at radius 3 is 2.62 bits per heavy atom. The Labute approximate surface area is 88.3 Å². The second-order valence-electron chi connectivity index (χ2n) is 2.87. The topological polar surface area (TPSA) is 20.2 Å². The van der Waals surface area contributed by atoms with Crippen LogP contribution in [-0.2, 0) is 0 Å². The van der Waals surface area contributed by atoms with Gasteiger partial charge in [0, 0.05) is 10.9 Å². The first-order valence-corrected chi connectivity index (χ1v) is 5.15. The molecule has 1 unspecified atom stereocenters. The number of aliphatic hydroxyl groups excluding tert-OH is 1. The van der Waals surface area contributed by atoms with E-state index in [9.17, 15) is 5.11 Å². The highest BCUT2D eigenvalue weighted by Crippen LogP contribution is 2.25. The molecule has 1 atom stereocenters. The van der Waals surface area contributed by atoms with Crippen molar-refractivity contribution in [2.24, 2.45) is 0 Å². The van der Waals surface area contributed by atoms with Crippen molar-refractivity contribution in [2.45, 2.75) is 18.9 Å². The van der Waals surface area contributed by atoms with Gasteiger partial charge >= 0.3 is 0 Å². The zero-order valence-electron chi connectivity index (χ0n) is 7.21. The molecule has 0 bridgehead atoms. The highest BCUT2D eigenvalue weighted by molar-refractivity contribution is 6.31. The van der Waals surface area contributed by atoms with E-state index in [2.05, 4.69) is 0 Å². The van der Waals surface area contributed by atoms with Gasteiger partial charge in [-0.1, -0.05) is 29.8 Å². The van der Waals surface area contributed by atoms with Crippen LogP contribution in [0.3, 0.4) is 0 Å². The summed E-state index contributed by atoms with van der Waals surface area (Å²) >= 11 is 11.4. The van der Waals surface area contributed by atoms with Crippen LogP contribution in [0.15, 0.2) is 24.3 Å². The summed E-state index contributed by atoms with van der Waals surface area (Å²) in [5, 5.41) is 10.3. The minimum Gasteiger partial charge on any atom is -0.388 e. The Hall–Kier alpha value is -0.240.